The van der Waals surface area contributed by atoms with Gasteiger partial charge in [0.05, 0.1) is 6.04 Å². The quantitative estimate of drug-likeness (QED) is 0.826. The minimum absolute atomic E-state index is 0.0377. The van der Waals surface area contributed by atoms with Crippen molar-refractivity contribution in [3.05, 3.63) is 34.3 Å². The first-order valence-corrected chi connectivity index (χ1v) is 7.88. The zero-order valence-electron chi connectivity index (χ0n) is 13.0. The average Bonchev–Trinajstić information content (AvgIpc) is 2.38. The van der Waals surface area contributed by atoms with Crippen molar-refractivity contribution in [1.82, 2.24) is 10.6 Å². The van der Waals surface area contributed by atoms with Gasteiger partial charge in [-0.2, -0.15) is 0 Å². The van der Waals surface area contributed by atoms with Gasteiger partial charge in [0.1, 0.15) is 0 Å². The summed E-state index contributed by atoms with van der Waals surface area (Å²) in [5.74, 6) is 0.0377. The number of carbonyl (C=O) groups excluding carboxylic acids is 1. The Morgan fingerprint density at radius 2 is 1.90 bits per heavy atom. The summed E-state index contributed by atoms with van der Waals surface area (Å²) >= 11 is 3.54. The van der Waals surface area contributed by atoms with Crippen LogP contribution in [0.15, 0.2) is 28.7 Å². The second kappa shape index (κ2) is 7.23. The van der Waals surface area contributed by atoms with E-state index < -0.39 is 0 Å². The topological polar surface area (TPSA) is 41.1 Å². The van der Waals surface area contributed by atoms with Gasteiger partial charge in [-0.15, -0.1) is 0 Å². The first-order chi connectivity index (χ1) is 9.26. The molecule has 3 nitrogen and oxygen atoms in total. The Labute approximate surface area is 130 Å². The van der Waals surface area contributed by atoms with E-state index in [2.05, 4.69) is 46.5 Å². The highest BCUT2D eigenvalue weighted by Gasteiger charge is 2.23. The lowest BCUT2D eigenvalue weighted by Crippen LogP contribution is -2.51. The van der Waals surface area contributed by atoms with Gasteiger partial charge in [0.25, 0.3) is 0 Å². The van der Waals surface area contributed by atoms with Crippen LogP contribution in [0, 0.1) is 0 Å². The lowest BCUT2D eigenvalue weighted by molar-refractivity contribution is -0.124. The molecule has 1 unspecified atom stereocenters. The number of rotatable bonds is 6. The van der Waals surface area contributed by atoms with E-state index in [1.165, 1.54) is 0 Å². The number of halogens is 1. The van der Waals surface area contributed by atoms with Crippen molar-refractivity contribution in [3.8, 4) is 0 Å². The van der Waals surface area contributed by atoms with Crippen LogP contribution < -0.4 is 10.6 Å². The van der Waals surface area contributed by atoms with Gasteiger partial charge in [-0.05, 0) is 45.7 Å². The maximum atomic E-state index is 12.2. The molecule has 4 heteroatoms. The fraction of sp³-hybridized carbons (Fsp3) is 0.562. The summed E-state index contributed by atoms with van der Waals surface area (Å²) in [6, 6.07) is 7.93. The van der Waals surface area contributed by atoms with Crippen molar-refractivity contribution in [2.24, 2.45) is 0 Å². The minimum Gasteiger partial charge on any atom is -0.350 e. The Morgan fingerprint density at radius 3 is 2.45 bits per heavy atom. The standard InChI is InChI=1S/C16H25BrN2O/c1-6-16(4,5)19-15(20)12(3)18-11(2)13-9-7-8-10-14(13)17/h7-12,18H,6H2,1-5H3,(H,19,20)/t11-,12?/m1/s1. The molecule has 2 N–H and O–H groups in total. The van der Waals surface area contributed by atoms with Crippen LogP contribution in [0.2, 0.25) is 0 Å². The van der Waals surface area contributed by atoms with Gasteiger partial charge < -0.3 is 5.32 Å². The van der Waals surface area contributed by atoms with E-state index in [9.17, 15) is 4.79 Å². The molecular weight excluding hydrogens is 316 g/mol. The van der Waals surface area contributed by atoms with Crippen LogP contribution in [0.25, 0.3) is 0 Å². The summed E-state index contributed by atoms with van der Waals surface area (Å²) in [4.78, 5) is 12.2. The number of hydrogen-bond acceptors (Lipinski definition) is 2. The SMILES string of the molecule is CCC(C)(C)NC(=O)C(C)N[C@H](C)c1ccccc1Br. The van der Waals surface area contributed by atoms with Gasteiger partial charge in [0.15, 0.2) is 0 Å². The number of hydrogen-bond donors (Lipinski definition) is 2. The first-order valence-electron chi connectivity index (χ1n) is 7.09. The maximum absolute atomic E-state index is 12.2. The second-order valence-corrected chi connectivity index (χ2v) is 6.71. The molecule has 2 atom stereocenters. The average molecular weight is 341 g/mol. The molecule has 0 aliphatic rings. The van der Waals surface area contributed by atoms with Crippen molar-refractivity contribution < 1.29 is 4.79 Å². The van der Waals surface area contributed by atoms with Gasteiger partial charge >= 0.3 is 0 Å². The molecule has 20 heavy (non-hydrogen) atoms. The third kappa shape index (κ3) is 4.91. The van der Waals surface area contributed by atoms with Crippen LogP contribution in [0.4, 0.5) is 0 Å². The molecular formula is C16H25BrN2O. The summed E-state index contributed by atoms with van der Waals surface area (Å²) < 4.78 is 1.06. The fourth-order valence-electron chi connectivity index (χ4n) is 1.90. The van der Waals surface area contributed by atoms with E-state index in [0.717, 1.165) is 16.5 Å². The van der Waals surface area contributed by atoms with E-state index in [1.54, 1.807) is 0 Å². The highest BCUT2D eigenvalue weighted by Crippen LogP contribution is 2.23. The molecule has 1 amide bonds. The maximum Gasteiger partial charge on any atom is 0.237 e. The molecule has 0 saturated heterocycles. The van der Waals surface area contributed by atoms with Crippen molar-refractivity contribution in [1.29, 1.82) is 0 Å². The van der Waals surface area contributed by atoms with Crippen molar-refractivity contribution in [3.63, 3.8) is 0 Å². The molecule has 0 heterocycles. The Kier molecular flexibility index (Phi) is 6.21. The van der Waals surface area contributed by atoms with Gasteiger partial charge in [-0.1, -0.05) is 41.1 Å². The number of benzene rings is 1. The molecule has 0 spiro atoms. The summed E-state index contributed by atoms with van der Waals surface area (Å²) in [7, 11) is 0. The van der Waals surface area contributed by atoms with Crippen molar-refractivity contribution in [2.45, 2.75) is 58.7 Å². The minimum atomic E-state index is -0.233. The van der Waals surface area contributed by atoms with E-state index in [1.807, 2.05) is 39.0 Å². The number of amides is 1. The summed E-state index contributed by atoms with van der Waals surface area (Å²) in [6.45, 7) is 10.1. The second-order valence-electron chi connectivity index (χ2n) is 5.86. The summed E-state index contributed by atoms with van der Waals surface area (Å²) in [5.41, 5.74) is 0.991. The summed E-state index contributed by atoms with van der Waals surface area (Å²) in [6.07, 6.45) is 0.908. The van der Waals surface area contributed by atoms with Gasteiger partial charge in [0.2, 0.25) is 5.91 Å². The van der Waals surface area contributed by atoms with Crippen LogP contribution in [0.3, 0.4) is 0 Å². The molecule has 0 aliphatic heterocycles. The molecule has 1 rings (SSSR count). The normalized spacial score (nSPS) is 14.7. The predicted octanol–water partition coefficient (Wildman–Crippen LogP) is 3.79. The lowest BCUT2D eigenvalue weighted by Gasteiger charge is -2.28. The molecule has 0 bridgehead atoms. The molecule has 0 aromatic heterocycles. The molecule has 1 aromatic rings. The fourth-order valence-corrected chi connectivity index (χ4v) is 2.53. The van der Waals surface area contributed by atoms with Crippen LogP contribution in [-0.2, 0) is 4.79 Å². The molecule has 0 aliphatic carbocycles. The lowest BCUT2D eigenvalue weighted by atomic mass is 10.0. The Bertz CT molecular complexity index is 460. The van der Waals surface area contributed by atoms with Crippen LogP contribution in [0.1, 0.15) is 52.6 Å². The van der Waals surface area contributed by atoms with E-state index in [0.29, 0.717) is 0 Å². The predicted molar refractivity (Wildman–Crippen MR) is 87.7 cm³/mol. The van der Waals surface area contributed by atoms with Crippen LogP contribution in [0.5, 0.6) is 0 Å². The van der Waals surface area contributed by atoms with Crippen molar-refractivity contribution in [2.75, 3.05) is 0 Å². The monoisotopic (exact) mass is 340 g/mol. The highest BCUT2D eigenvalue weighted by atomic mass is 79.9. The van der Waals surface area contributed by atoms with E-state index in [-0.39, 0.29) is 23.5 Å². The number of carbonyl (C=O) groups is 1. The molecule has 0 radical (unpaired) electrons. The zero-order valence-corrected chi connectivity index (χ0v) is 14.5. The smallest absolute Gasteiger partial charge is 0.237 e. The third-order valence-electron chi connectivity index (χ3n) is 3.61. The molecule has 0 fully saturated rings. The van der Waals surface area contributed by atoms with Gasteiger partial charge in [-0.3, -0.25) is 10.1 Å². The van der Waals surface area contributed by atoms with Crippen LogP contribution in [-0.4, -0.2) is 17.5 Å². The van der Waals surface area contributed by atoms with E-state index >= 15 is 0 Å². The number of nitrogens with one attached hydrogen (secondary N) is 2. The van der Waals surface area contributed by atoms with E-state index in [4.69, 9.17) is 0 Å². The molecule has 0 saturated carbocycles. The zero-order chi connectivity index (χ0) is 15.3. The Balaban J connectivity index is 2.64. The molecule has 1 aromatic carbocycles. The summed E-state index contributed by atoms with van der Waals surface area (Å²) in [5, 5.41) is 6.41. The Hall–Kier alpha value is -0.870. The molecule has 112 valence electrons. The van der Waals surface area contributed by atoms with Gasteiger partial charge in [-0.25, -0.2) is 0 Å². The van der Waals surface area contributed by atoms with Crippen molar-refractivity contribution >= 4 is 21.8 Å². The van der Waals surface area contributed by atoms with Crippen LogP contribution >= 0.6 is 15.9 Å². The third-order valence-corrected chi connectivity index (χ3v) is 4.33. The first kappa shape index (κ1) is 17.2. The Morgan fingerprint density at radius 1 is 1.30 bits per heavy atom. The highest BCUT2D eigenvalue weighted by molar-refractivity contribution is 9.10. The largest absolute Gasteiger partial charge is 0.350 e. The van der Waals surface area contributed by atoms with Gasteiger partial charge in [0, 0.05) is 16.1 Å².